The molecule has 2 atom stereocenters. The second-order valence-electron chi connectivity index (χ2n) is 6.61. The average molecular weight is 347 g/mol. The maximum absolute atomic E-state index is 12.1. The van der Waals surface area contributed by atoms with Gasteiger partial charge in [-0.15, -0.1) is 0 Å². The van der Waals surface area contributed by atoms with Crippen LogP contribution in [0.5, 0.6) is 0 Å². The van der Waals surface area contributed by atoms with Gasteiger partial charge in [-0.2, -0.15) is 5.10 Å². The number of aromatic amines is 1. The highest BCUT2D eigenvalue weighted by Crippen LogP contribution is 2.46. The zero-order chi connectivity index (χ0) is 17.8. The molecule has 0 bridgehead atoms. The molecule has 1 saturated carbocycles. The van der Waals surface area contributed by atoms with Crippen LogP contribution in [0, 0.1) is 5.92 Å². The molecule has 1 aromatic heterocycles. The quantitative estimate of drug-likeness (QED) is 0.641. The zero-order valence-corrected chi connectivity index (χ0v) is 14.4. The van der Waals surface area contributed by atoms with Gasteiger partial charge < -0.3 is 10.6 Å². The summed E-state index contributed by atoms with van der Waals surface area (Å²) < 4.78 is 0. The minimum atomic E-state index is -0.131. The third-order valence-corrected chi connectivity index (χ3v) is 4.74. The predicted molar refractivity (Wildman–Crippen MR) is 99.3 cm³/mol. The third kappa shape index (κ3) is 3.91. The van der Waals surface area contributed by atoms with E-state index in [2.05, 4.69) is 50.1 Å². The molecule has 2 amide bonds. The average Bonchev–Trinajstić information content (AvgIpc) is 3.26. The predicted octanol–water partition coefficient (Wildman–Crippen LogP) is 3.07. The van der Waals surface area contributed by atoms with Crippen LogP contribution in [0.1, 0.15) is 23.5 Å². The number of nitrogens with one attached hydrogen (secondary N) is 3. The fourth-order valence-electron chi connectivity index (χ4n) is 3.22. The number of urea groups is 1. The first-order chi connectivity index (χ1) is 12.8. The maximum Gasteiger partial charge on any atom is 0.315 e. The summed E-state index contributed by atoms with van der Waals surface area (Å²) >= 11 is 0. The lowest BCUT2D eigenvalue weighted by atomic mass is 10.1. The molecule has 132 valence electrons. The van der Waals surface area contributed by atoms with Crippen molar-refractivity contribution < 1.29 is 4.79 Å². The lowest BCUT2D eigenvalue weighted by Gasteiger charge is -2.08. The van der Waals surface area contributed by atoms with E-state index in [-0.39, 0.29) is 6.03 Å². The van der Waals surface area contributed by atoms with Crippen molar-refractivity contribution >= 4 is 6.03 Å². The molecule has 6 nitrogen and oxygen atoms in total. The molecule has 6 heteroatoms. The van der Waals surface area contributed by atoms with Gasteiger partial charge >= 0.3 is 6.03 Å². The van der Waals surface area contributed by atoms with Gasteiger partial charge in [-0.05, 0) is 35.4 Å². The number of nitrogens with zero attached hydrogens (tertiary/aromatic N) is 2. The van der Waals surface area contributed by atoms with Gasteiger partial charge in [0.1, 0.15) is 6.33 Å². The van der Waals surface area contributed by atoms with E-state index in [0.717, 1.165) is 23.4 Å². The van der Waals surface area contributed by atoms with Crippen molar-refractivity contribution in [2.45, 2.75) is 18.9 Å². The smallest absolute Gasteiger partial charge is 0.315 e. The Morgan fingerprint density at radius 2 is 2.00 bits per heavy atom. The van der Waals surface area contributed by atoms with Crippen LogP contribution in [-0.4, -0.2) is 27.8 Å². The molecule has 0 saturated heterocycles. The molecule has 0 radical (unpaired) electrons. The minimum absolute atomic E-state index is 0.131. The third-order valence-electron chi connectivity index (χ3n) is 4.74. The van der Waals surface area contributed by atoms with Crippen LogP contribution in [-0.2, 0) is 6.54 Å². The number of carbonyl (C=O) groups is 1. The number of hydrogen-bond donors (Lipinski definition) is 3. The minimum Gasteiger partial charge on any atom is -0.338 e. The Labute approximate surface area is 152 Å². The highest BCUT2D eigenvalue weighted by Gasteiger charge is 2.37. The summed E-state index contributed by atoms with van der Waals surface area (Å²) in [6.07, 6.45) is 2.62. The number of carbonyl (C=O) groups excluding carboxylic acids is 1. The van der Waals surface area contributed by atoms with Crippen molar-refractivity contribution in [3.8, 4) is 11.4 Å². The summed E-state index contributed by atoms with van der Waals surface area (Å²) in [6.45, 7) is 1.18. The molecule has 1 aliphatic rings. The van der Waals surface area contributed by atoms with Gasteiger partial charge in [0, 0.05) is 18.7 Å². The molecule has 0 aliphatic heterocycles. The second kappa shape index (κ2) is 7.39. The SMILES string of the molecule is O=C(NCc1cccc(-c2ncn[nH]2)c1)NC[C@@H]1C[C@@H]1c1ccccc1. The molecule has 4 rings (SSSR count). The Kier molecular flexibility index (Phi) is 4.64. The molecule has 3 N–H and O–H groups in total. The Morgan fingerprint density at radius 3 is 2.81 bits per heavy atom. The van der Waals surface area contributed by atoms with Gasteiger partial charge in [-0.25, -0.2) is 9.78 Å². The molecular weight excluding hydrogens is 326 g/mol. The van der Waals surface area contributed by atoms with Crippen molar-refractivity contribution in [3.63, 3.8) is 0 Å². The van der Waals surface area contributed by atoms with E-state index in [4.69, 9.17) is 0 Å². The van der Waals surface area contributed by atoms with Crippen LogP contribution in [0.4, 0.5) is 4.79 Å². The topological polar surface area (TPSA) is 82.7 Å². The van der Waals surface area contributed by atoms with Crippen molar-refractivity contribution in [3.05, 3.63) is 72.1 Å². The summed E-state index contributed by atoms with van der Waals surface area (Å²) in [7, 11) is 0. The molecule has 1 aliphatic carbocycles. The fourth-order valence-corrected chi connectivity index (χ4v) is 3.22. The van der Waals surface area contributed by atoms with Crippen LogP contribution in [0.25, 0.3) is 11.4 Å². The van der Waals surface area contributed by atoms with Crippen molar-refractivity contribution in [1.82, 2.24) is 25.8 Å². The van der Waals surface area contributed by atoms with Gasteiger partial charge in [0.2, 0.25) is 0 Å². The fraction of sp³-hybridized carbons (Fsp3) is 0.250. The number of rotatable bonds is 6. The number of hydrogen-bond acceptors (Lipinski definition) is 3. The van der Waals surface area contributed by atoms with E-state index in [9.17, 15) is 4.79 Å². The number of amides is 2. The van der Waals surface area contributed by atoms with E-state index in [1.807, 2.05) is 30.3 Å². The van der Waals surface area contributed by atoms with E-state index in [1.54, 1.807) is 0 Å². The first-order valence-corrected chi connectivity index (χ1v) is 8.81. The summed E-state index contributed by atoms with van der Waals surface area (Å²) in [5.41, 5.74) is 3.33. The maximum atomic E-state index is 12.1. The largest absolute Gasteiger partial charge is 0.338 e. The summed E-state index contributed by atoms with van der Waals surface area (Å²) in [5.74, 6) is 1.84. The molecular formula is C20H21N5O. The van der Waals surface area contributed by atoms with Gasteiger partial charge in [0.05, 0.1) is 0 Å². The number of aromatic nitrogens is 3. The highest BCUT2D eigenvalue weighted by atomic mass is 16.2. The van der Waals surface area contributed by atoms with Gasteiger partial charge in [0.25, 0.3) is 0 Å². The monoisotopic (exact) mass is 347 g/mol. The molecule has 1 heterocycles. The second-order valence-corrected chi connectivity index (χ2v) is 6.61. The van der Waals surface area contributed by atoms with Crippen LogP contribution in [0.2, 0.25) is 0 Å². The van der Waals surface area contributed by atoms with Gasteiger partial charge in [-0.1, -0.05) is 48.5 Å². The molecule has 26 heavy (non-hydrogen) atoms. The van der Waals surface area contributed by atoms with Crippen LogP contribution in [0.15, 0.2) is 60.9 Å². The Bertz CT molecular complexity index is 863. The van der Waals surface area contributed by atoms with Gasteiger partial charge in [0.15, 0.2) is 5.82 Å². The lowest BCUT2D eigenvalue weighted by molar-refractivity contribution is 0.240. The van der Waals surface area contributed by atoms with E-state index >= 15 is 0 Å². The Morgan fingerprint density at radius 1 is 1.12 bits per heavy atom. The van der Waals surface area contributed by atoms with Crippen LogP contribution in [0.3, 0.4) is 0 Å². The first kappa shape index (κ1) is 16.3. The normalized spacial score (nSPS) is 18.3. The summed E-state index contributed by atoms with van der Waals surface area (Å²) in [4.78, 5) is 16.2. The van der Waals surface area contributed by atoms with Crippen molar-refractivity contribution in [2.24, 2.45) is 5.92 Å². The lowest BCUT2D eigenvalue weighted by Crippen LogP contribution is -2.36. The van der Waals surface area contributed by atoms with E-state index < -0.39 is 0 Å². The molecule has 3 aromatic rings. The summed E-state index contributed by atoms with van der Waals surface area (Å²) in [5, 5.41) is 12.6. The van der Waals surface area contributed by atoms with E-state index in [1.165, 1.54) is 11.9 Å². The van der Waals surface area contributed by atoms with Gasteiger partial charge in [-0.3, -0.25) is 5.10 Å². The molecule has 1 fully saturated rings. The highest BCUT2D eigenvalue weighted by molar-refractivity contribution is 5.74. The molecule has 0 spiro atoms. The van der Waals surface area contributed by atoms with Crippen LogP contribution >= 0.6 is 0 Å². The molecule has 0 unspecified atom stereocenters. The first-order valence-electron chi connectivity index (χ1n) is 8.81. The number of H-pyrrole nitrogens is 1. The number of benzene rings is 2. The molecule has 2 aromatic carbocycles. The zero-order valence-electron chi connectivity index (χ0n) is 14.4. The van der Waals surface area contributed by atoms with Crippen LogP contribution < -0.4 is 10.6 Å². The Balaban J connectivity index is 1.23. The van der Waals surface area contributed by atoms with E-state index in [0.29, 0.717) is 24.9 Å². The standard InChI is InChI=1S/C20H21N5O/c26-20(22-12-17-10-18(17)15-6-2-1-3-7-15)21-11-14-5-4-8-16(9-14)19-23-13-24-25-19/h1-9,13,17-18H,10-12H2,(H2,21,22,26)(H,23,24,25)/t17-,18+/m0/s1. The van der Waals surface area contributed by atoms with Crippen molar-refractivity contribution in [1.29, 1.82) is 0 Å². The Hall–Kier alpha value is -3.15. The summed E-state index contributed by atoms with van der Waals surface area (Å²) in [6, 6.07) is 18.2. The van der Waals surface area contributed by atoms with Crippen molar-refractivity contribution in [2.75, 3.05) is 6.54 Å².